The topological polar surface area (TPSA) is 94.8 Å². The van der Waals surface area contributed by atoms with E-state index in [0.29, 0.717) is 16.6 Å². The molecule has 0 spiro atoms. The summed E-state index contributed by atoms with van der Waals surface area (Å²) in [5, 5.41) is 23.4. The van der Waals surface area contributed by atoms with Crippen molar-refractivity contribution in [3.05, 3.63) is 74.3 Å². The van der Waals surface area contributed by atoms with Gasteiger partial charge >= 0.3 is 5.97 Å². The molecular formula is C26H29ClFN3O4. The standard InChI is InChI=1S/C26H29ClFN3O4/c1-15(2)23(14-32)31-13-19(26(34)35)25(33)18-11-17(10-16-4-3-5-20(27)24(16)28)21(12-22(18)31)30-8-6-29-7-9-30/h3-5,11-13,15,23,29,32H,6-10,14H2,1-2H3,(H,34,35)/t23-/m1/s1. The fourth-order valence-electron chi connectivity index (χ4n) is 4.71. The minimum absolute atomic E-state index is 0.0183. The van der Waals surface area contributed by atoms with E-state index in [0.717, 1.165) is 31.9 Å². The first kappa shape index (κ1) is 25.2. The van der Waals surface area contributed by atoms with Crippen LogP contribution in [0.3, 0.4) is 0 Å². The fourth-order valence-corrected chi connectivity index (χ4v) is 4.90. The van der Waals surface area contributed by atoms with E-state index in [1.165, 1.54) is 12.3 Å². The van der Waals surface area contributed by atoms with E-state index in [-0.39, 0.29) is 34.9 Å². The van der Waals surface area contributed by atoms with Crippen LogP contribution in [-0.4, -0.2) is 53.5 Å². The smallest absolute Gasteiger partial charge is 0.341 e. The number of aliphatic hydroxyl groups is 1. The van der Waals surface area contributed by atoms with Gasteiger partial charge in [0.25, 0.3) is 0 Å². The van der Waals surface area contributed by atoms with Gasteiger partial charge in [0.2, 0.25) is 5.43 Å². The zero-order valence-electron chi connectivity index (χ0n) is 19.7. The van der Waals surface area contributed by atoms with Gasteiger partial charge in [-0.15, -0.1) is 0 Å². The maximum atomic E-state index is 14.8. The van der Waals surface area contributed by atoms with Crippen molar-refractivity contribution in [1.82, 2.24) is 9.88 Å². The van der Waals surface area contributed by atoms with E-state index in [2.05, 4.69) is 10.2 Å². The van der Waals surface area contributed by atoms with Crippen LogP contribution < -0.4 is 15.6 Å². The number of hydrogen-bond acceptors (Lipinski definition) is 5. The maximum absolute atomic E-state index is 14.8. The van der Waals surface area contributed by atoms with E-state index >= 15 is 0 Å². The number of pyridine rings is 1. The molecule has 9 heteroatoms. The molecule has 4 rings (SSSR count). The number of halogens is 2. The van der Waals surface area contributed by atoms with E-state index in [9.17, 15) is 24.2 Å². The molecule has 1 saturated heterocycles. The predicted molar refractivity (Wildman–Crippen MR) is 135 cm³/mol. The van der Waals surface area contributed by atoms with Gasteiger partial charge in [-0.05, 0) is 35.2 Å². The summed E-state index contributed by atoms with van der Waals surface area (Å²) in [7, 11) is 0. The van der Waals surface area contributed by atoms with Crippen molar-refractivity contribution in [2.75, 3.05) is 37.7 Å². The molecule has 1 aliphatic heterocycles. The highest BCUT2D eigenvalue weighted by Gasteiger charge is 2.24. The van der Waals surface area contributed by atoms with E-state index in [1.54, 1.807) is 22.8 Å². The first-order valence-electron chi connectivity index (χ1n) is 11.7. The van der Waals surface area contributed by atoms with Gasteiger partial charge in [-0.25, -0.2) is 9.18 Å². The molecule has 186 valence electrons. The second-order valence-corrected chi connectivity index (χ2v) is 9.61. The Balaban J connectivity index is 2.02. The Kier molecular flexibility index (Phi) is 7.44. The molecule has 0 aliphatic carbocycles. The number of carboxylic acids is 1. The monoisotopic (exact) mass is 501 g/mol. The van der Waals surface area contributed by atoms with E-state index in [4.69, 9.17) is 11.6 Å². The summed E-state index contributed by atoms with van der Waals surface area (Å²) in [6.45, 7) is 6.64. The summed E-state index contributed by atoms with van der Waals surface area (Å²) in [5.74, 6) is -1.87. The molecule has 0 radical (unpaired) electrons. The van der Waals surface area contributed by atoms with Crippen molar-refractivity contribution in [3.8, 4) is 0 Å². The number of fused-ring (bicyclic) bond motifs is 1. The fraction of sp³-hybridized carbons (Fsp3) is 0.385. The largest absolute Gasteiger partial charge is 0.477 e. The minimum atomic E-state index is -1.33. The summed E-state index contributed by atoms with van der Waals surface area (Å²) in [6.07, 6.45) is 1.51. The van der Waals surface area contributed by atoms with Crippen LogP contribution in [0.1, 0.15) is 41.4 Å². The lowest BCUT2D eigenvalue weighted by atomic mass is 9.97. The molecule has 3 N–H and O–H groups in total. The zero-order valence-corrected chi connectivity index (χ0v) is 20.5. The third kappa shape index (κ3) is 4.91. The highest BCUT2D eigenvalue weighted by atomic mass is 35.5. The Hall–Kier alpha value is -2.94. The second-order valence-electron chi connectivity index (χ2n) is 9.20. The molecule has 0 unspecified atom stereocenters. The third-order valence-electron chi connectivity index (χ3n) is 6.65. The molecule has 2 aromatic carbocycles. The normalized spacial score (nSPS) is 15.1. The van der Waals surface area contributed by atoms with Crippen molar-refractivity contribution >= 4 is 34.2 Å². The lowest BCUT2D eigenvalue weighted by molar-refractivity contribution is 0.0694. The van der Waals surface area contributed by atoms with Gasteiger partial charge in [0.1, 0.15) is 11.4 Å². The number of nitrogens with zero attached hydrogens (tertiary/aromatic N) is 2. The van der Waals surface area contributed by atoms with Crippen LogP contribution in [0.25, 0.3) is 10.9 Å². The first-order chi connectivity index (χ1) is 16.7. The van der Waals surface area contributed by atoms with Crippen LogP contribution in [0.4, 0.5) is 10.1 Å². The molecule has 0 amide bonds. The highest BCUT2D eigenvalue weighted by molar-refractivity contribution is 6.30. The number of anilines is 1. The maximum Gasteiger partial charge on any atom is 0.341 e. The van der Waals surface area contributed by atoms with Gasteiger partial charge in [-0.3, -0.25) is 4.79 Å². The van der Waals surface area contributed by atoms with Gasteiger partial charge in [0, 0.05) is 49.9 Å². The second kappa shape index (κ2) is 10.4. The number of rotatable bonds is 7. The van der Waals surface area contributed by atoms with Crippen LogP contribution in [0.15, 0.2) is 41.3 Å². The van der Waals surface area contributed by atoms with Crippen molar-refractivity contribution < 1.29 is 19.4 Å². The average molecular weight is 502 g/mol. The Labute approximate surface area is 207 Å². The Morgan fingerprint density at radius 3 is 2.54 bits per heavy atom. The predicted octanol–water partition coefficient (Wildman–Crippen LogP) is 3.68. The van der Waals surface area contributed by atoms with Gasteiger partial charge in [0.15, 0.2) is 0 Å². The molecule has 0 bridgehead atoms. The lowest BCUT2D eigenvalue weighted by Crippen LogP contribution is -2.44. The summed E-state index contributed by atoms with van der Waals surface area (Å²) < 4.78 is 16.5. The van der Waals surface area contributed by atoms with Crippen molar-refractivity contribution in [1.29, 1.82) is 0 Å². The first-order valence-corrected chi connectivity index (χ1v) is 12.0. The minimum Gasteiger partial charge on any atom is -0.477 e. The molecular weight excluding hydrogens is 473 g/mol. The number of aromatic carboxylic acids is 1. The summed E-state index contributed by atoms with van der Waals surface area (Å²) in [6, 6.07) is 7.93. The number of aliphatic hydroxyl groups excluding tert-OH is 1. The zero-order chi connectivity index (χ0) is 25.3. The van der Waals surface area contributed by atoms with Crippen molar-refractivity contribution in [2.24, 2.45) is 5.92 Å². The molecule has 0 saturated carbocycles. The number of benzene rings is 2. The number of hydrogen-bond donors (Lipinski definition) is 3. The molecule has 1 atom stereocenters. The number of carbonyl (C=O) groups is 1. The number of aromatic nitrogens is 1. The molecule has 35 heavy (non-hydrogen) atoms. The molecule has 1 aromatic heterocycles. The van der Waals surface area contributed by atoms with Crippen LogP contribution >= 0.6 is 11.6 Å². The molecule has 7 nitrogen and oxygen atoms in total. The van der Waals surface area contributed by atoms with Crippen molar-refractivity contribution in [2.45, 2.75) is 26.3 Å². The quantitative estimate of drug-likeness (QED) is 0.457. The lowest BCUT2D eigenvalue weighted by Gasteiger charge is -2.32. The van der Waals surface area contributed by atoms with Crippen LogP contribution in [0.2, 0.25) is 5.02 Å². The van der Waals surface area contributed by atoms with Crippen LogP contribution in [0.5, 0.6) is 0 Å². The molecule has 3 aromatic rings. The van der Waals surface area contributed by atoms with Gasteiger partial charge in [-0.2, -0.15) is 0 Å². The summed E-state index contributed by atoms with van der Waals surface area (Å²) >= 11 is 6.01. The molecule has 1 aliphatic rings. The summed E-state index contributed by atoms with van der Waals surface area (Å²) in [4.78, 5) is 27.3. The Bertz CT molecular complexity index is 1320. The van der Waals surface area contributed by atoms with E-state index < -0.39 is 23.3 Å². The van der Waals surface area contributed by atoms with Crippen LogP contribution in [-0.2, 0) is 6.42 Å². The van der Waals surface area contributed by atoms with Crippen molar-refractivity contribution in [3.63, 3.8) is 0 Å². The highest BCUT2D eigenvalue weighted by Crippen LogP contribution is 2.32. The Morgan fingerprint density at radius 1 is 1.20 bits per heavy atom. The van der Waals surface area contributed by atoms with E-state index in [1.807, 2.05) is 19.9 Å². The molecule has 1 fully saturated rings. The summed E-state index contributed by atoms with van der Waals surface area (Å²) in [5.41, 5.74) is 1.50. The van der Waals surface area contributed by atoms with Gasteiger partial charge in [-0.1, -0.05) is 37.6 Å². The van der Waals surface area contributed by atoms with Crippen LogP contribution in [0, 0.1) is 11.7 Å². The number of piperazine rings is 1. The third-order valence-corrected chi connectivity index (χ3v) is 6.94. The van der Waals surface area contributed by atoms with Gasteiger partial charge in [0.05, 0.1) is 23.2 Å². The van der Waals surface area contributed by atoms with Gasteiger partial charge < -0.3 is 25.0 Å². The SMILES string of the molecule is CC(C)[C@@H](CO)n1cc(C(=O)O)c(=O)c2cc(Cc3cccc(Cl)c3F)c(N3CCNCC3)cc21. The molecule has 2 heterocycles. The Morgan fingerprint density at radius 2 is 1.91 bits per heavy atom. The number of carboxylic acid groups (broad SMARTS) is 1. The average Bonchev–Trinajstić information content (AvgIpc) is 2.83. The number of nitrogens with one attached hydrogen (secondary N) is 1.